The van der Waals surface area contributed by atoms with E-state index < -0.39 is 11.7 Å². The van der Waals surface area contributed by atoms with E-state index in [-0.39, 0.29) is 23.8 Å². The number of pyridine rings is 1. The van der Waals surface area contributed by atoms with Crippen LogP contribution in [0.1, 0.15) is 38.7 Å². The molecule has 3 heterocycles. The second-order valence-corrected chi connectivity index (χ2v) is 6.64. The van der Waals surface area contributed by atoms with Crippen LogP contribution >= 0.6 is 0 Å². The van der Waals surface area contributed by atoms with E-state index in [1.54, 1.807) is 0 Å². The Balaban J connectivity index is 1.87. The third kappa shape index (κ3) is 3.67. The van der Waals surface area contributed by atoms with Gasteiger partial charge in [0.1, 0.15) is 0 Å². The van der Waals surface area contributed by atoms with Gasteiger partial charge in [0.25, 0.3) is 0 Å². The van der Waals surface area contributed by atoms with Crippen LogP contribution in [-0.2, 0) is 11.0 Å². The van der Waals surface area contributed by atoms with E-state index in [4.69, 9.17) is 4.74 Å². The molecule has 1 amide bonds. The Kier molecular flexibility index (Phi) is 4.79. The first-order valence-electron chi connectivity index (χ1n) is 8.58. The molecule has 25 heavy (non-hydrogen) atoms. The lowest BCUT2D eigenvalue weighted by Crippen LogP contribution is -2.55. The zero-order valence-electron chi connectivity index (χ0n) is 14.3. The summed E-state index contributed by atoms with van der Waals surface area (Å²) >= 11 is 0. The highest BCUT2D eigenvalue weighted by Crippen LogP contribution is 2.39. The topological polar surface area (TPSA) is 45.7 Å². The van der Waals surface area contributed by atoms with E-state index in [0.717, 1.165) is 18.7 Å². The van der Waals surface area contributed by atoms with Crippen molar-refractivity contribution in [1.29, 1.82) is 0 Å². The van der Waals surface area contributed by atoms with Crippen LogP contribution in [0.3, 0.4) is 0 Å². The van der Waals surface area contributed by atoms with E-state index >= 15 is 0 Å². The van der Waals surface area contributed by atoms with E-state index in [1.165, 1.54) is 0 Å². The van der Waals surface area contributed by atoms with E-state index in [9.17, 15) is 18.0 Å². The second-order valence-electron chi connectivity index (χ2n) is 6.64. The quantitative estimate of drug-likeness (QED) is 0.816. The molecule has 2 aliphatic rings. The van der Waals surface area contributed by atoms with Gasteiger partial charge in [0.15, 0.2) is 11.6 Å². The molecule has 8 heteroatoms. The predicted octanol–water partition coefficient (Wildman–Crippen LogP) is 3.09. The van der Waals surface area contributed by atoms with Gasteiger partial charge in [-0.2, -0.15) is 13.2 Å². The van der Waals surface area contributed by atoms with Crippen LogP contribution in [0.15, 0.2) is 12.3 Å². The van der Waals surface area contributed by atoms with Crippen LogP contribution in [0, 0.1) is 0 Å². The van der Waals surface area contributed by atoms with Crippen molar-refractivity contribution in [2.75, 3.05) is 24.5 Å². The lowest BCUT2D eigenvalue weighted by molar-refractivity contribution is -0.138. The maximum absolute atomic E-state index is 12.9. The highest BCUT2D eigenvalue weighted by atomic mass is 19.4. The molecule has 0 saturated carbocycles. The molecule has 1 unspecified atom stereocenters. The van der Waals surface area contributed by atoms with Gasteiger partial charge in [0.05, 0.1) is 17.7 Å². The first-order valence-corrected chi connectivity index (χ1v) is 8.58. The van der Waals surface area contributed by atoms with Crippen molar-refractivity contribution in [3.05, 3.63) is 17.8 Å². The van der Waals surface area contributed by atoms with Crippen molar-refractivity contribution in [1.82, 2.24) is 9.88 Å². The average Bonchev–Trinajstić information content (AvgIpc) is 2.68. The molecule has 0 N–H and O–H groups in total. The predicted molar refractivity (Wildman–Crippen MR) is 86.6 cm³/mol. The molecule has 0 aliphatic carbocycles. The fraction of sp³-hybridized carbons (Fsp3) is 0.647. The Labute approximate surface area is 144 Å². The van der Waals surface area contributed by atoms with Crippen molar-refractivity contribution in [2.24, 2.45) is 0 Å². The number of hydrogen-bond acceptors (Lipinski definition) is 4. The summed E-state index contributed by atoms with van der Waals surface area (Å²) in [7, 11) is 0. The highest BCUT2D eigenvalue weighted by Gasteiger charge is 2.38. The number of nitrogens with zero attached hydrogens (tertiary/aromatic N) is 3. The lowest BCUT2D eigenvalue weighted by atomic mass is 10.0. The highest BCUT2D eigenvalue weighted by molar-refractivity contribution is 5.76. The van der Waals surface area contributed by atoms with Gasteiger partial charge in [0, 0.05) is 38.7 Å². The molecule has 138 valence electrons. The van der Waals surface area contributed by atoms with Crippen molar-refractivity contribution in [2.45, 2.75) is 51.4 Å². The third-order valence-corrected chi connectivity index (χ3v) is 4.66. The van der Waals surface area contributed by atoms with Gasteiger partial charge in [-0.25, -0.2) is 4.98 Å². The second kappa shape index (κ2) is 6.72. The number of piperazine rings is 1. The molecule has 1 aromatic rings. The van der Waals surface area contributed by atoms with Gasteiger partial charge in [-0.3, -0.25) is 4.79 Å². The molecule has 3 rings (SSSR count). The molecule has 2 atom stereocenters. The van der Waals surface area contributed by atoms with Gasteiger partial charge in [-0.05, 0) is 19.4 Å². The first-order chi connectivity index (χ1) is 11.8. The summed E-state index contributed by atoms with van der Waals surface area (Å²) in [4.78, 5) is 20.0. The maximum atomic E-state index is 12.9. The summed E-state index contributed by atoms with van der Waals surface area (Å²) in [6.07, 6.45) is -1.90. The summed E-state index contributed by atoms with van der Waals surface area (Å²) in [5.74, 6) is 0.726. The molecule has 2 aliphatic heterocycles. The standard InChI is InChI=1S/C17H22F3N3O2/c1-3-4-15(24)22-5-6-23-13(10-22)7-11(2)25-14-8-12(17(18,19)20)9-21-16(14)23/h8-9,11,13H,3-7,10H2,1-2H3/t11?,13-/m0/s1. The number of carbonyl (C=O) groups is 1. The third-order valence-electron chi connectivity index (χ3n) is 4.66. The van der Waals surface area contributed by atoms with Crippen LogP contribution in [-0.4, -0.2) is 47.6 Å². The zero-order valence-corrected chi connectivity index (χ0v) is 14.3. The SMILES string of the molecule is CCCC(=O)N1CCN2c3ncc(C(F)(F)F)cc3OC(C)C[C@H]2C1. The van der Waals surface area contributed by atoms with Crippen molar-refractivity contribution < 1.29 is 22.7 Å². The molecule has 5 nitrogen and oxygen atoms in total. The summed E-state index contributed by atoms with van der Waals surface area (Å²) in [6.45, 7) is 5.44. The minimum atomic E-state index is -4.45. The van der Waals surface area contributed by atoms with Gasteiger partial charge < -0.3 is 14.5 Å². The number of amides is 1. The normalized spacial score (nSPS) is 23.4. The molecule has 1 fully saturated rings. The van der Waals surface area contributed by atoms with Crippen LogP contribution in [0.25, 0.3) is 0 Å². The fourth-order valence-corrected chi connectivity index (χ4v) is 3.48. The van der Waals surface area contributed by atoms with Gasteiger partial charge >= 0.3 is 6.18 Å². The van der Waals surface area contributed by atoms with E-state index in [0.29, 0.717) is 38.3 Å². The minimum absolute atomic E-state index is 0.00459. The molecule has 0 radical (unpaired) electrons. The number of anilines is 1. The van der Waals surface area contributed by atoms with Crippen molar-refractivity contribution >= 4 is 11.7 Å². The summed E-state index contributed by atoms with van der Waals surface area (Å²) in [5, 5.41) is 0. The number of fused-ring (bicyclic) bond motifs is 3. The lowest BCUT2D eigenvalue weighted by Gasteiger charge is -2.41. The van der Waals surface area contributed by atoms with Crippen LogP contribution < -0.4 is 9.64 Å². The van der Waals surface area contributed by atoms with E-state index in [2.05, 4.69) is 4.98 Å². The number of halogens is 3. The summed E-state index contributed by atoms with van der Waals surface area (Å²) in [5.41, 5.74) is -0.811. The van der Waals surface area contributed by atoms with Crippen molar-refractivity contribution in [3.8, 4) is 5.75 Å². The zero-order chi connectivity index (χ0) is 18.2. The number of rotatable bonds is 2. The van der Waals surface area contributed by atoms with Gasteiger partial charge in [0.2, 0.25) is 5.91 Å². The fourth-order valence-electron chi connectivity index (χ4n) is 3.48. The summed E-state index contributed by atoms with van der Waals surface area (Å²) < 4.78 is 44.6. The van der Waals surface area contributed by atoms with Crippen molar-refractivity contribution in [3.63, 3.8) is 0 Å². The Morgan fingerprint density at radius 1 is 1.40 bits per heavy atom. The van der Waals surface area contributed by atoms with E-state index in [1.807, 2.05) is 23.6 Å². The largest absolute Gasteiger partial charge is 0.487 e. The number of carbonyl (C=O) groups excluding carboxylic acids is 1. The van der Waals surface area contributed by atoms with Crippen LogP contribution in [0.5, 0.6) is 5.75 Å². The number of hydrogen-bond donors (Lipinski definition) is 0. The molecule has 0 spiro atoms. The number of alkyl halides is 3. The first kappa shape index (κ1) is 17.8. The molecule has 0 aromatic carbocycles. The molecule has 1 saturated heterocycles. The molecule has 0 bridgehead atoms. The Morgan fingerprint density at radius 3 is 2.84 bits per heavy atom. The van der Waals surface area contributed by atoms with Gasteiger partial charge in [-0.15, -0.1) is 0 Å². The molecule has 1 aromatic heterocycles. The Hall–Kier alpha value is -1.99. The smallest absolute Gasteiger partial charge is 0.418 e. The van der Waals surface area contributed by atoms with Crippen LogP contribution in [0.2, 0.25) is 0 Å². The Morgan fingerprint density at radius 2 is 2.16 bits per heavy atom. The van der Waals surface area contributed by atoms with Gasteiger partial charge in [-0.1, -0.05) is 6.92 Å². The molecular formula is C17H22F3N3O2. The minimum Gasteiger partial charge on any atom is -0.487 e. The summed E-state index contributed by atoms with van der Waals surface area (Å²) in [6, 6.07) is 1.02. The van der Waals surface area contributed by atoms with Crippen LogP contribution in [0.4, 0.5) is 19.0 Å². The molecular weight excluding hydrogens is 335 g/mol. The Bertz CT molecular complexity index is 651. The number of aromatic nitrogens is 1. The maximum Gasteiger partial charge on any atom is 0.418 e. The average molecular weight is 357 g/mol. The monoisotopic (exact) mass is 357 g/mol. The number of ether oxygens (including phenoxy) is 1.